The van der Waals surface area contributed by atoms with E-state index < -0.39 is 9.84 Å². The number of oxazole rings is 1. The van der Waals surface area contributed by atoms with E-state index in [4.69, 9.17) is 4.42 Å². The van der Waals surface area contributed by atoms with Crippen LogP contribution in [0.2, 0.25) is 0 Å². The van der Waals surface area contributed by atoms with Crippen LogP contribution in [0.25, 0.3) is 11.1 Å². The molecule has 1 atom stereocenters. The monoisotopic (exact) mass is 279 g/mol. The predicted octanol–water partition coefficient (Wildman–Crippen LogP) is 2.50. The van der Waals surface area contributed by atoms with Gasteiger partial charge in [0.25, 0.3) is 0 Å². The summed E-state index contributed by atoms with van der Waals surface area (Å²) < 4.78 is 28.7. The highest BCUT2D eigenvalue weighted by Crippen LogP contribution is 2.24. The van der Waals surface area contributed by atoms with Gasteiger partial charge >= 0.3 is 0 Å². The smallest absolute Gasteiger partial charge is 0.192 e. The Bertz CT molecular complexity index is 703. The number of aryl methyl sites for hydroxylation is 1. The summed E-state index contributed by atoms with van der Waals surface area (Å²) in [6.07, 6.45) is 2.59. The normalized spacial score (nSPS) is 22.7. The van der Waals surface area contributed by atoms with Crippen LogP contribution in [0.15, 0.2) is 22.6 Å². The molecule has 1 aromatic heterocycles. The van der Waals surface area contributed by atoms with Crippen molar-refractivity contribution in [3.05, 3.63) is 29.7 Å². The van der Waals surface area contributed by atoms with E-state index in [-0.39, 0.29) is 5.92 Å². The van der Waals surface area contributed by atoms with Crippen LogP contribution in [0.4, 0.5) is 0 Å². The standard InChI is InChI=1S/C14H17NO3S/c1-10-15-13-8-11(4-5-14(13)18-10)7-12-3-2-6-19(16,17)9-12/h4-5,8,12H,2-3,6-7,9H2,1H3. The summed E-state index contributed by atoms with van der Waals surface area (Å²) in [4.78, 5) is 4.31. The minimum absolute atomic E-state index is 0.240. The van der Waals surface area contributed by atoms with Gasteiger partial charge in [-0.15, -0.1) is 0 Å². The average Bonchev–Trinajstić information content (AvgIpc) is 2.67. The molecule has 3 rings (SSSR count). The lowest BCUT2D eigenvalue weighted by Crippen LogP contribution is -2.26. The van der Waals surface area contributed by atoms with Gasteiger partial charge in [-0.3, -0.25) is 0 Å². The fourth-order valence-corrected chi connectivity index (χ4v) is 4.60. The Hall–Kier alpha value is -1.36. The third-order valence-electron chi connectivity index (χ3n) is 3.64. The maximum absolute atomic E-state index is 11.6. The average molecular weight is 279 g/mol. The maximum Gasteiger partial charge on any atom is 0.192 e. The van der Waals surface area contributed by atoms with Gasteiger partial charge in [-0.25, -0.2) is 13.4 Å². The van der Waals surface area contributed by atoms with Gasteiger partial charge in [-0.1, -0.05) is 6.07 Å². The van der Waals surface area contributed by atoms with Crippen molar-refractivity contribution in [1.29, 1.82) is 0 Å². The number of hydrogen-bond acceptors (Lipinski definition) is 4. The van der Waals surface area contributed by atoms with Crippen molar-refractivity contribution in [2.75, 3.05) is 11.5 Å². The largest absolute Gasteiger partial charge is 0.441 e. The molecule has 0 amide bonds. The molecular formula is C14H17NO3S. The van der Waals surface area contributed by atoms with Crippen molar-refractivity contribution in [2.24, 2.45) is 5.92 Å². The van der Waals surface area contributed by atoms with Crippen LogP contribution >= 0.6 is 0 Å². The number of hydrogen-bond donors (Lipinski definition) is 0. The van der Waals surface area contributed by atoms with E-state index in [1.54, 1.807) is 0 Å². The molecule has 1 fully saturated rings. The molecule has 0 aliphatic carbocycles. The van der Waals surface area contributed by atoms with E-state index in [2.05, 4.69) is 4.98 Å². The second-order valence-electron chi connectivity index (χ2n) is 5.36. The van der Waals surface area contributed by atoms with Crippen molar-refractivity contribution in [2.45, 2.75) is 26.2 Å². The summed E-state index contributed by atoms with van der Waals surface area (Å²) in [5.41, 5.74) is 2.79. The zero-order valence-electron chi connectivity index (χ0n) is 10.9. The van der Waals surface area contributed by atoms with Crippen molar-refractivity contribution in [1.82, 2.24) is 4.98 Å². The van der Waals surface area contributed by atoms with Crippen LogP contribution in [0, 0.1) is 12.8 Å². The van der Waals surface area contributed by atoms with Crippen LogP contribution < -0.4 is 0 Å². The molecule has 4 nitrogen and oxygen atoms in total. The molecule has 102 valence electrons. The van der Waals surface area contributed by atoms with E-state index >= 15 is 0 Å². The first-order valence-corrected chi connectivity index (χ1v) is 8.40. The fraction of sp³-hybridized carbons (Fsp3) is 0.500. The van der Waals surface area contributed by atoms with Crippen molar-refractivity contribution in [3.8, 4) is 0 Å². The second-order valence-corrected chi connectivity index (χ2v) is 7.59. The number of rotatable bonds is 2. The first kappa shape index (κ1) is 12.7. The Kier molecular flexibility index (Phi) is 3.09. The van der Waals surface area contributed by atoms with Gasteiger partial charge in [0.15, 0.2) is 21.3 Å². The maximum atomic E-state index is 11.6. The molecule has 0 N–H and O–H groups in total. The van der Waals surface area contributed by atoms with E-state index in [1.807, 2.05) is 25.1 Å². The quantitative estimate of drug-likeness (QED) is 0.847. The van der Waals surface area contributed by atoms with Crippen molar-refractivity contribution >= 4 is 20.9 Å². The third-order valence-corrected chi connectivity index (χ3v) is 5.53. The molecule has 5 heteroatoms. The van der Waals surface area contributed by atoms with Gasteiger partial charge in [0.05, 0.1) is 11.5 Å². The molecular weight excluding hydrogens is 262 g/mol. The van der Waals surface area contributed by atoms with Gasteiger partial charge in [0.2, 0.25) is 0 Å². The molecule has 19 heavy (non-hydrogen) atoms. The van der Waals surface area contributed by atoms with E-state index in [0.29, 0.717) is 17.4 Å². The summed E-state index contributed by atoms with van der Waals surface area (Å²) in [5.74, 6) is 1.57. The number of sulfone groups is 1. The highest BCUT2D eigenvalue weighted by molar-refractivity contribution is 7.91. The van der Waals surface area contributed by atoms with Crippen LogP contribution in [0.1, 0.15) is 24.3 Å². The molecule has 0 spiro atoms. The molecule has 1 aromatic carbocycles. The lowest BCUT2D eigenvalue weighted by Gasteiger charge is -2.21. The third kappa shape index (κ3) is 2.81. The summed E-state index contributed by atoms with van der Waals surface area (Å²) in [7, 11) is -2.82. The van der Waals surface area contributed by atoms with Gasteiger partial charge in [-0.2, -0.15) is 0 Å². The number of nitrogens with zero attached hydrogens (tertiary/aromatic N) is 1. The van der Waals surface area contributed by atoms with Gasteiger partial charge < -0.3 is 4.42 Å². The molecule has 0 bridgehead atoms. The fourth-order valence-electron chi connectivity index (χ4n) is 2.83. The van der Waals surface area contributed by atoms with Gasteiger partial charge in [0, 0.05) is 6.92 Å². The van der Waals surface area contributed by atoms with Gasteiger partial charge in [0.1, 0.15) is 5.52 Å². The summed E-state index contributed by atoms with van der Waals surface area (Å²) in [6, 6.07) is 5.93. The first-order chi connectivity index (χ1) is 9.02. The molecule has 1 unspecified atom stereocenters. The molecule has 2 heterocycles. The van der Waals surface area contributed by atoms with Crippen LogP contribution in [-0.2, 0) is 16.3 Å². The Balaban J connectivity index is 1.81. The Morgan fingerprint density at radius 3 is 3.05 bits per heavy atom. The molecule has 1 aliphatic rings. The molecule has 0 radical (unpaired) electrons. The molecule has 2 aromatic rings. The second kappa shape index (κ2) is 4.63. The zero-order chi connectivity index (χ0) is 13.5. The van der Waals surface area contributed by atoms with Crippen LogP contribution in [-0.4, -0.2) is 24.9 Å². The lowest BCUT2D eigenvalue weighted by molar-refractivity contribution is 0.484. The summed E-state index contributed by atoms with van der Waals surface area (Å²) in [5, 5.41) is 0. The number of fused-ring (bicyclic) bond motifs is 1. The lowest BCUT2D eigenvalue weighted by atomic mass is 9.96. The highest BCUT2D eigenvalue weighted by Gasteiger charge is 2.24. The predicted molar refractivity (Wildman–Crippen MR) is 73.8 cm³/mol. The van der Waals surface area contributed by atoms with Crippen molar-refractivity contribution < 1.29 is 12.8 Å². The molecule has 1 saturated heterocycles. The molecule has 1 aliphatic heterocycles. The topological polar surface area (TPSA) is 60.2 Å². The number of benzene rings is 1. The highest BCUT2D eigenvalue weighted by atomic mass is 32.2. The zero-order valence-corrected chi connectivity index (χ0v) is 11.7. The minimum Gasteiger partial charge on any atom is -0.441 e. The summed E-state index contributed by atoms with van der Waals surface area (Å²) in [6.45, 7) is 1.83. The van der Waals surface area contributed by atoms with Crippen molar-refractivity contribution in [3.63, 3.8) is 0 Å². The molecule has 0 saturated carbocycles. The Labute approximate surface area is 112 Å². The van der Waals surface area contributed by atoms with E-state index in [0.717, 1.165) is 35.9 Å². The van der Waals surface area contributed by atoms with E-state index in [1.165, 1.54) is 0 Å². The number of aromatic nitrogens is 1. The Morgan fingerprint density at radius 1 is 1.42 bits per heavy atom. The first-order valence-electron chi connectivity index (χ1n) is 6.58. The Morgan fingerprint density at radius 2 is 2.26 bits per heavy atom. The SMILES string of the molecule is Cc1nc2cc(CC3CCCS(=O)(=O)C3)ccc2o1. The van der Waals surface area contributed by atoms with Crippen LogP contribution in [0.5, 0.6) is 0 Å². The van der Waals surface area contributed by atoms with Gasteiger partial charge in [-0.05, 0) is 42.9 Å². The summed E-state index contributed by atoms with van der Waals surface area (Å²) >= 11 is 0. The van der Waals surface area contributed by atoms with E-state index in [9.17, 15) is 8.42 Å². The minimum atomic E-state index is -2.82. The van der Waals surface area contributed by atoms with Crippen LogP contribution in [0.3, 0.4) is 0 Å².